The molecule has 0 radical (unpaired) electrons. The van der Waals surface area contributed by atoms with Crippen LogP contribution in [-0.2, 0) is 4.79 Å². The predicted octanol–water partition coefficient (Wildman–Crippen LogP) is 4.87. The van der Waals surface area contributed by atoms with Crippen LogP contribution >= 0.6 is 23.7 Å². The summed E-state index contributed by atoms with van der Waals surface area (Å²) in [5, 5.41) is 0.718. The first kappa shape index (κ1) is 24.9. The van der Waals surface area contributed by atoms with Crippen LogP contribution in [-0.4, -0.2) is 55.7 Å². The molecule has 31 heavy (non-hydrogen) atoms. The van der Waals surface area contributed by atoms with E-state index in [4.69, 9.17) is 14.5 Å². The SMILES string of the molecule is CCN(CC)CCN(C(=O)CCOc1ccccc1)c1nc2ccc(OC)cc2s1.Cl. The van der Waals surface area contributed by atoms with E-state index in [1.54, 1.807) is 12.0 Å². The van der Waals surface area contributed by atoms with Gasteiger partial charge in [-0.15, -0.1) is 12.4 Å². The topological polar surface area (TPSA) is 54.9 Å². The van der Waals surface area contributed by atoms with Gasteiger partial charge in [-0.05, 0) is 43.4 Å². The largest absolute Gasteiger partial charge is 0.497 e. The first-order valence-corrected chi connectivity index (χ1v) is 11.1. The van der Waals surface area contributed by atoms with Crippen LogP contribution in [0.15, 0.2) is 48.5 Å². The molecule has 0 bridgehead atoms. The van der Waals surface area contributed by atoms with Crippen molar-refractivity contribution < 1.29 is 14.3 Å². The molecule has 0 fully saturated rings. The maximum absolute atomic E-state index is 13.1. The summed E-state index contributed by atoms with van der Waals surface area (Å²) in [5.74, 6) is 1.58. The molecule has 2 aromatic carbocycles. The zero-order valence-electron chi connectivity index (χ0n) is 18.2. The van der Waals surface area contributed by atoms with E-state index < -0.39 is 0 Å². The molecule has 6 nitrogen and oxygen atoms in total. The molecule has 0 N–H and O–H groups in total. The molecule has 3 aromatic rings. The van der Waals surface area contributed by atoms with Crippen molar-refractivity contribution in [2.24, 2.45) is 0 Å². The second kappa shape index (κ2) is 12.5. The van der Waals surface area contributed by atoms with Crippen LogP contribution in [0.2, 0.25) is 0 Å². The van der Waals surface area contributed by atoms with E-state index in [2.05, 4.69) is 18.7 Å². The second-order valence-electron chi connectivity index (χ2n) is 6.81. The number of para-hydroxylation sites is 1. The van der Waals surface area contributed by atoms with Crippen LogP contribution in [0, 0.1) is 0 Å². The normalized spacial score (nSPS) is 10.7. The third-order valence-electron chi connectivity index (χ3n) is 4.98. The molecule has 0 spiro atoms. The molecule has 0 aliphatic carbocycles. The minimum atomic E-state index is 0. The van der Waals surface area contributed by atoms with Gasteiger partial charge in [0.2, 0.25) is 5.91 Å². The van der Waals surface area contributed by atoms with Crippen molar-refractivity contribution in [2.75, 3.05) is 44.8 Å². The number of amides is 1. The summed E-state index contributed by atoms with van der Waals surface area (Å²) in [6, 6.07) is 15.3. The number of ether oxygens (including phenoxy) is 2. The van der Waals surface area contributed by atoms with Gasteiger partial charge in [0.15, 0.2) is 5.13 Å². The number of carbonyl (C=O) groups excluding carboxylic acids is 1. The molecule has 0 unspecified atom stereocenters. The van der Waals surface area contributed by atoms with Gasteiger partial charge in [-0.3, -0.25) is 9.69 Å². The fourth-order valence-corrected chi connectivity index (χ4v) is 4.19. The van der Waals surface area contributed by atoms with Crippen molar-refractivity contribution in [1.29, 1.82) is 0 Å². The number of carbonyl (C=O) groups is 1. The van der Waals surface area contributed by atoms with Crippen LogP contribution in [0.4, 0.5) is 5.13 Å². The molecule has 1 aromatic heterocycles. The van der Waals surface area contributed by atoms with Crippen LogP contribution in [0.25, 0.3) is 10.2 Å². The highest BCUT2D eigenvalue weighted by Gasteiger charge is 2.20. The number of anilines is 1. The van der Waals surface area contributed by atoms with Crippen molar-refractivity contribution in [3.8, 4) is 11.5 Å². The zero-order chi connectivity index (χ0) is 21.3. The Morgan fingerprint density at radius 1 is 1.03 bits per heavy atom. The van der Waals surface area contributed by atoms with Gasteiger partial charge in [0.1, 0.15) is 11.5 Å². The Morgan fingerprint density at radius 3 is 2.45 bits per heavy atom. The molecule has 0 aliphatic heterocycles. The summed E-state index contributed by atoms with van der Waals surface area (Å²) in [6.07, 6.45) is 0.298. The molecule has 1 amide bonds. The maximum Gasteiger partial charge on any atom is 0.232 e. The van der Waals surface area contributed by atoms with Gasteiger partial charge in [0.05, 0.1) is 30.4 Å². The van der Waals surface area contributed by atoms with Gasteiger partial charge in [0.25, 0.3) is 0 Å². The van der Waals surface area contributed by atoms with Crippen LogP contribution < -0.4 is 14.4 Å². The van der Waals surface area contributed by atoms with E-state index >= 15 is 0 Å². The minimum Gasteiger partial charge on any atom is -0.497 e. The number of hydrogen-bond acceptors (Lipinski definition) is 6. The summed E-state index contributed by atoms with van der Waals surface area (Å²) in [6.45, 7) is 7.91. The predicted molar refractivity (Wildman–Crippen MR) is 130 cm³/mol. The number of likely N-dealkylation sites (N-methyl/N-ethyl adjacent to an activating group) is 1. The standard InChI is InChI=1S/C23H29N3O3S.ClH/c1-4-25(5-2)14-15-26(22(27)13-16-29-18-9-7-6-8-10-18)23-24-20-12-11-19(28-3)17-21(20)30-23;/h6-12,17H,4-5,13-16H2,1-3H3;1H. The number of nitrogens with zero attached hydrogens (tertiary/aromatic N) is 3. The fraction of sp³-hybridized carbons (Fsp3) is 0.391. The molecule has 0 saturated carbocycles. The lowest BCUT2D eigenvalue weighted by Gasteiger charge is -2.24. The number of hydrogen-bond donors (Lipinski definition) is 0. The van der Waals surface area contributed by atoms with Gasteiger partial charge < -0.3 is 14.4 Å². The second-order valence-corrected chi connectivity index (χ2v) is 7.82. The number of fused-ring (bicyclic) bond motifs is 1. The third-order valence-corrected chi connectivity index (χ3v) is 6.02. The molecule has 8 heteroatoms. The lowest BCUT2D eigenvalue weighted by molar-refractivity contribution is -0.119. The van der Waals surface area contributed by atoms with Gasteiger partial charge >= 0.3 is 0 Å². The lowest BCUT2D eigenvalue weighted by atomic mass is 10.3. The maximum atomic E-state index is 13.1. The summed E-state index contributed by atoms with van der Waals surface area (Å²) in [4.78, 5) is 21.9. The molecule has 0 saturated heterocycles. The minimum absolute atomic E-state index is 0. The Morgan fingerprint density at radius 2 is 1.77 bits per heavy atom. The van der Waals surface area contributed by atoms with Gasteiger partial charge in [-0.1, -0.05) is 43.4 Å². The Balaban J connectivity index is 0.00000341. The number of benzene rings is 2. The van der Waals surface area contributed by atoms with E-state index in [0.717, 1.165) is 46.5 Å². The van der Waals surface area contributed by atoms with E-state index in [1.165, 1.54) is 11.3 Å². The Bertz CT molecular complexity index is 948. The fourth-order valence-electron chi connectivity index (χ4n) is 3.15. The zero-order valence-corrected chi connectivity index (χ0v) is 19.9. The van der Waals surface area contributed by atoms with Crippen molar-refractivity contribution in [1.82, 2.24) is 9.88 Å². The smallest absolute Gasteiger partial charge is 0.232 e. The summed E-state index contributed by atoms with van der Waals surface area (Å²) in [5.41, 5.74) is 0.872. The van der Waals surface area contributed by atoms with E-state index in [-0.39, 0.29) is 18.3 Å². The van der Waals surface area contributed by atoms with Crippen molar-refractivity contribution in [2.45, 2.75) is 20.3 Å². The Kier molecular flexibility index (Phi) is 10.0. The molecule has 0 aliphatic rings. The monoisotopic (exact) mass is 463 g/mol. The van der Waals surface area contributed by atoms with Gasteiger partial charge in [-0.25, -0.2) is 4.98 Å². The van der Waals surface area contributed by atoms with Gasteiger partial charge in [-0.2, -0.15) is 0 Å². The highest BCUT2D eigenvalue weighted by Crippen LogP contribution is 2.31. The Hall–Kier alpha value is -2.35. The lowest BCUT2D eigenvalue weighted by Crippen LogP contribution is -2.39. The number of aromatic nitrogens is 1. The molecule has 0 atom stereocenters. The van der Waals surface area contributed by atoms with E-state index in [9.17, 15) is 4.79 Å². The molecule has 3 rings (SSSR count). The average molecular weight is 464 g/mol. The van der Waals surface area contributed by atoms with Crippen molar-refractivity contribution in [3.05, 3.63) is 48.5 Å². The highest BCUT2D eigenvalue weighted by atomic mass is 35.5. The molecular formula is C23H30ClN3O3S. The first-order valence-electron chi connectivity index (χ1n) is 10.3. The first-order chi connectivity index (χ1) is 14.6. The van der Waals surface area contributed by atoms with Crippen LogP contribution in [0.1, 0.15) is 20.3 Å². The van der Waals surface area contributed by atoms with E-state index in [0.29, 0.717) is 19.6 Å². The molecule has 1 heterocycles. The highest BCUT2D eigenvalue weighted by molar-refractivity contribution is 7.22. The summed E-state index contributed by atoms with van der Waals surface area (Å²) >= 11 is 1.51. The molecular weight excluding hydrogens is 434 g/mol. The summed E-state index contributed by atoms with van der Waals surface area (Å²) in [7, 11) is 1.65. The summed E-state index contributed by atoms with van der Waals surface area (Å²) < 4.78 is 12.1. The third kappa shape index (κ3) is 6.82. The number of rotatable bonds is 11. The van der Waals surface area contributed by atoms with Crippen molar-refractivity contribution in [3.63, 3.8) is 0 Å². The quantitative estimate of drug-likeness (QED) is 0.406. The number of halogens is 1. The number of methoxy groups -OCH3 is 1. The van der Waals surface area contributed by atoms with E-state index in [1.807, 2.05) is 48.5 Å². The number of thiazole rings is 1. The Labute approximate surface area is 194 Å². The van der Waals surface area contributed by atoms with Gasteiger partial charge in [0, 0.05) is 13.1 Å². The average Bonchev–Trinajstić information content (AvgIpc) is 3.20. The van der Waals surface area contributed by atoms with Crippen molar-refractivity contribution >= 4 is 45.0 Å². The van der Waals surface area contributed by atoms with Crippen LogP contribution in [0.5, 0.6) is 11.5 Å². The molecule has 168 valence electrons. The van der Waals surface area contributed by atoms with Crippen LogP contribution in [0.3, 0.4) is 0 Å².